The van der Waals surface area contributed by atoms with E-state index in [1.165, 1.54) is 96.3 Å². The van der Waals surface area contributed by atoms with Gasteiger partial charge in [-0.3, -0.25) is 4.79 Å². The summed E-state index contributed by atoms with van der Waals surface area (Å²) in [7, 11) is 0. The SMILES string of the molecule is CCCCCCCCCCCCCCCCCCC(Cl)OC=O. The van der Waals surface area contributed by atoms with E-state index in [-0.39, 0.29) is 0 Å². The van der Waals surface area contributed by atoms with Gasteiger partial charge in [-0.05, 0) is 12.8 Å². The van der Waals surface area contributed by atoms with E-state index in [2.05, 4.69) is 11.7 Å². The van der Waals surface area contributed by atoms with Crippen LogP contribution in [0.2, 0.25) is 0 Å². The van der Waals surface area contributed by atoms with Gasteiger partial charge in [0, 0.05) is 0 Å². The van der Waals surface area contributed by atoms with Crippen molar-refractivity contribution in [1.82, 2.24) is 0 Å². The third-order valence-corrected chi connectivity index (χ3v) is 4.81. The van der Waals surface area contributed by atoms with Crippen molar-refractivity contribution in [3.8, 4) is 0 Å². The van der Waals surface area contributed by atoms with Gasteiger partial charge in [0.2, 0.25) is 0 Å². The maximum atomic E-state index is 10.1. The maximum absolute atomic E-state index is 10.1. The molecular weight excluding hydrogens is 308 g/mol. The van der Waals surface area contributed by atoms with Crippen LogP contribution in [0.1, 0.15) is 116 Å². The topological polar surface area (TPSA) is 26.3 Å². The van der Waals surface area contributed by atoms with Gasteiger partial charge in [0.05, 0.1) is 0 Å². The number of hydrogen-bond acceptors (Lipinski definition) is 2. The number of carbonyl (C=O) groups excluding carboxylic acids is 1. The first kappa shape index (κ1) is 22.8. The molecule has 0 N–H and O–H groups in total. The van der Waals surface area contributed by atoms with Crippen LogP contribution in [0.4, 0.5) is 0 Å². The molecule has 0 bridgehead atoms. The highest BCUT2D eigenvalue weighted by atomic mass is 35.5. The molecule has 0 aliphatic rings. The van der Waals surface area contributed by atoms with Gasteiger partial charge < -0.3 is 4.74 Å². The fraction of sp³-hybridized carbons (Fsp3) is 0.950. The van der Waals surface area contributed by atoms with Crippen LogP contribution < -0.4 is 0 Å². The number of carbonyl (C=O) groups is 1. The third-order valence-electron chi connectivity index (χ3n) is 4.49. The highest BCUT2D eigenvalue weighted by Gasteiger charge is 2.02. The molecule has 0 heterocycles. The molecule has 0 aliphatic heterocycles. The van der Waals surface area contributed by atoms with E-state index in [1.807, 2.05) is 0 Å². The molecule has 0 fully saturated rings. The van der Waals surface area contributed by atoms with E-state index in [0.29, 0.717) is 6.47 Å². The summed E-state index contributed by atoms with van der Waals surface area (Å²) >= 11 is 5.79. The van der Waals surface area contributed by atoms with E-state index in [1.54, 1.807) is 0 Å². The first-order valence-corrected chi connectivity index (χ1v) is 10.5. The van der Waals surface area contributed by atoms with E-state index in [9.17, 15) is 4.79 Å². The third kappa shape index (κ3) is 19.7. The molecule has 138 valence electrons. The van der Waals surface area contributed by atoms with Crippen LogP contribution in [0.3, 0.4) is 0 Å². The standard InChI is InChI=1S/C20H39ClO2/c1-2-3-4-5-6-7-8-9-10-11-12-13-14-15-16-17-18-20(21)23-19-22/h19-20H,2-18H2,1H3. The summed E-state index contributed by atoms with van der Waals surface area (Å²) in [4.78, 5) is 10.1. The first-order chi connectivity index (χ1) is 11.3. The number of rotatable bonds is 19. The summed E-state index contributed by atoms with van der Waals surface area (Å²) in [6, 6.07) is 0. The van der Waals surface area contributed by atoms with Gasteiger partial charge >= 0.3 is 0 Å². The fourth-order valence-corrected chi connectivity index (χ4v) is 3.18. The van der Waals surface area contributed by atoms with Crippen molar-refractivity contribution in [3.63, 3.8) is 0 Å². The van der Waals surface area contributed by atoms with Gasteiger partial charge in [0.15, 0.2) is 5.56 Å². The smallest absolute Gasteiger partial charge is 0.294 e. The molecule has 0 radical (unpaired) electrons. The molecule has 23 heavy (non-hydrogen) atoms. The van der Waals surface area contributed by atoms with Gasteiger partial charge in [-0.2, -0.15) is 0 Å². The zero-order valence-corrected chi connectivity index (χ0v) is 16.1. The Hall–Kier alpha value is -0.240. The van der Waals surface area contributed by atoms with Gasteiger partial charge in [-0.15, -0.1) is 0 Å². The summed E-state index contributed by atoms with van der Waals surface area (Å²) < 4.78 is 4.65. The Morgan fingerprint density at radius 3 is 1.39 bits per heavy atom. The summed E-state index contributed by atoms with van der Waals surface area (Å²) in [6.45, 7) is 2.71. The van der Waals surface area contributed by atoms with Crippen molar-refractivity contribution in [3.05, 3.63) is 0 Å². The van der Waals surface area contributed by atoms with E-state index >= 15 is 0 Å². The molecule has 0 aromatic carbocycles. The van der Waals surface area contributed by atoms with Gasteiger partial charge in [0.25, 0.3) is 6.47 Å². The average molecular weight is 347 g/mol. The lowest BCUT2D eigenvalue weighted by molar-refractivity contribution is -0.130. The second-order valence-corrected chi connectivity index (χ2v) is 7.22. The summed E-state index contributed by atoms with van der Waals surface area (Å²) in [5.74, 6) is 0. The van der Waals surface area contributed by atoms with Gasteiger partial charge in [-0.25, -0.2) is 0 Å². The molecule has 0 amide bonds. The minimum absolute atomic E-state index is 0.431. The fourth-order valence-electron chi connectivity index (χ4n) is 2.98. The largest absolute Gasteiger partial charge is 0.448 e. The Morgan fingerprint density at radius 2 is 1.04 bits per heavy atom. The predicted octanol–water partition coefficient (Wildman–Crippen LogP) is 7.38. The first-order valence-electron chi connectivity index (χ1n) is 10.0. The Bertz CT molecular complexity index is 234. The highest BCUT2D eigenvalue weighted by molar-refractivity contribution is 6.19. The van der Waals surface area contributed by atoms with Gasteiger partial charge in [-0.1, -0.05) is 115 Å². The molecule has 1 atom stereocenters. The minimum Gasteiger partial charge on any atom is -0.448 e. The summed E-state index contributed by atoms with van der Waals surface area (Å²) in [5.41, 5.74) is -0.431. The predicted molar refractivity (Wildman–Crippen MR) is 101 cm³/mol. The molecule has 2 nitrogen and oxygen atoms in total. The zero-order chi connectivity index (χ0) is 17.0. The molecule has 0 rings (SSSR count). The van der Waals surface area contributed by atoms with Crippen LogP contribution in [-0.4, -0.2) is 12.0 Å². The molecule has 0 aromatic rings. The molecule has 1 unspecified atom stereocenters. The van der Waals surface area contributed by atoms with Crippen molar-refractivity contribution < 1.29 is 9.53 Å². The maximum Gasteiger partial charge on any atom is 0.294 e. The summed E-state index contributed by atoms with van der Waals surface area (Å²) in [5, 5.41) is 0. The normalized spacial score (nSPS) is 12.3. The number of unbranched alkanes of at least 4 members (excludes halogenated alkanes) is 15. The zero-order valence-electron chi connectivity index (χ0n) is 15.4. The summed E-state index contributed by atoms with van der Waals surface area (Å²) in [6.07, 6.45) is 22.6. The lowest BCUT2D eigenvalue weighted by atomic mass is 10.0. The van der Waals surface area contributed by atoms with Crippen LogP contribution in [0.15, 0.2) is 0 Å². The van der Waals surface area contributed by atoms with Crippen molar-refractivity contribution in [2.75, 3.05) is 0 Å². The van der Waals surface area contributed by atoms with E-state index in [0.717, 1.165) is 12.8 Å². The van der Waals surface area contributed by atoms with Gasteiger partial charge in [0.1, 0.15) is 0 Å². The van der Waals surface area contributed by atoms with Crippen LogP contribution in [0.5, 0.6) is 0 Å². The molecule has 0 saturated heterocycles. The van der Waals surface area contributed by atoms with Crippen molar-refractivity contribution in [2.24, 2.45) is 0 Å². The lowest BCUT2D eigenvalue weighted by Gasteiger charge is -2.06. The van der Waals surface area contributed by atoms with Crippen LogP contribution in [0.25, 0.3) is 0 Å². The number of hydrogen-bond donors (Lipinski definition) is 0. The van der Waals surface area contributed by atoms with Crippen molar-refractivity contribution in [2.45, 2.75) is 122 Å². The second-order valence-electron chi connectivity index (χ2n) is 6.73. The van der Waals surface area contributed by atoms with Crippen molar-refractivity contribution in [1.29, 1.82) is 0 Å². The average Bonchev–Trinajstić information content (AvgIpc) is 2.54. The Balaban J connectivity index is 3.01. The van der Waals surface area contributed by atoms with Crippen LogP contribution >= 0.6 is 11.6 Å². The number of halogens is 1. The molecule has 0 aliphatic carbocycles. The van der Waals surface area contributed by atoms with Crippen LogP contribution in [-0.2, 0) is 9.53 Å². The molecule has 0 aromatic heterocycles. The quantitative estimate of drug-likeness (QED) is 0.138. The Labute approximate surface area is 149 Å². The molecular formula is C20H39ClO2. The molecule has 0 saturated carbocycles. The Morgan fingerprint density at radius 1 is 0.696 bits per heavy atom. The number of alkyl halides is 1. The van der Waals surface area contributed by atoms with Crippen molar-refractivity contribution >= 4 is 18.1 Å². The molecule has 0 spiro atoms. The highest BCUT2D eigenvalue weighted by Crippen LogP contribution is 2.15. The van der Waals surface area contributed by atoms with Crippen LogP contribution in [0, 0.1) is 0 Å². The van der Waals surface area contributed by atoms with E-state index < -0.39 is 5.56 Å². The Kier molecular flexibility index (Phi) is 19.6. The van der Waals surface area contributed by atoms with E-state index in [4.69, 9.17) is 11.6 Å². The number of ether oxygens (including phenoxy) is 1. The second kappa shape index (κ2) is 19.8. The minimum atomic E-state index is -0.431. The lowest BCUT2D eigenvalue weighted by Crippen LogP contribution is -2.02. The monoisotopic (exact) mass is 346 g/mol. The molecule has 3 heteroatoms.